The molecule has 0 saturated heterocycles. The normalized spacial score (nSPS) is 12.9. The topological polar surface area (TPSA) is 61.8 Å². The summed E-state index contributed by atoms with van der Waals surface area (Å²) in [5.41, 5.74) is 0. The Balaban J connectivity index is 4.38. The Labute approximate surface area is 371 Å². The van der Waals surface area contributed by atoms with Gasteiger partial charge in [-0.25, -0.2) is 0 Å². The monoisotopic (exact) mass is 835 g/mol. The number of rotatable bonds is 45. The van der Waals surface area contributed by atoms with E-state index in [1.807, 2.05) is 0 Å². The lowest BCUT2D eigenvalue weighted by Gasteiger charge is -2.18. The fourth-order valence-electron chi connectivity index (χ4n) is 6.65. The standard InChI is InChI=1S/C55H94O5/c1-4-7-10-13-16-19-22-25-27-28-29-31-33-36-39-42-45-48-54(56)59-52-53(51-58-50-47-44-41-38-35-32-26-23-20-17-14-11-8-5-2)60-55(57)49-46-43-40-37-34-30-24-21-18-15-12-9-6-3/h7,10,16,19-21,23-25,27,29,31,36,39,53H,4-6,8-9,11-15,17-18,22,26,28,30,32-35,37-38,40-52H2,1-3H3/b10-7-,19-16-,23-20-,24-21-,27-25-,31-29-,39-36-. The van der Waals surface area contributed by atoms with Gasteiger partial charge in [-0.15, -0.1) is 0 Å². The average Bonchev–Trinajstić information content (AvgIpc) is 3.25. The third kappa shape index (κ3) is 47.8. The molecular formula is C55H94O5. The highest BCUT2D eigenvalue weighted by Gasteiger charge is 2.17. The van der Waals surface area contributed by atoms with Crippen LogP contribution in [-0.2, 0) is 23.8 Å². The van der Waals surface area contributed by atoms with Crippen LogP contribution in [0.5, 0.6) is 0 Å². The average molecular weight is 835 g/mol. The third-order valence-electron chi connectivity index (χ3n) is 10.4. The first-order chi connectivity index (χ1) is 29.6. The zero-order valence-electron chi connectivity index (χ0n) is 39.5. The molecule has 60 heavy (non-hydrogen) atoms. The summed E-state index contributed by atoms with van der Waals surface area (Å²) in [7, 11) is 0. The van der Waals surface area contributed by atoms with Gasteiger partial charge < -0.3 is 14.2 Å². The van der Waals surface area contributed by atoms with Crippen molar-refractivity contribution in [2.24, 2.45) is 0 Å². The lowest BCUT2D eigenvalue weighted by Crippen LogP contribution is -2.30. The molecule has 0 aliphatic rings. The van der Waals surface area contributed by atoms with Crippen molar-refractivity contribution in [3.8, 4) is 0 Å². The Bertz CT molecular complexity index is 1130. The molecule has 0 bridgehead atoms. The first kappa shape index (κ1) is 57.1. The van der Waals surface area contributed by atoms with E-state index >= 15 is 0 Å². The third-order valence-corrected chi connectivity index (χ3v) is 10.4. The first-order valence-electron chi connectivity index (χ1n) is 25.1. The van der Waals surface area contributed by atoms with Crippen molar-refractivity contribution in [2.45, 2.75) is 232 Å². The molecule has 0 radical (unpaired) electrons. The maximum absolute atomic E-state index is 12.8. The highest BCUT2D eigenvalue weighted by Crippen LogP contribution is 2.12. The van der Waals surface area contributed by atoms with E-state index in [1.54, 1.807) is 0 Å². The van der Waals surface area contributed by atoms with Crippen LogP contribution in [0.25, 0.3) is 0 Å². The van der Waals surface area contributed by atoms with E-state index in [4.69, 9.17) is 14.2 Å². The molecular weight excluding hydrogens is 741 g/mol. The Morgan fingerprint density at radius 2 is 0.767 bits per heavy atom. The molecule has 0 aliphatic carbocycles. The number of hydrogen-bond acceptors (Lipinski definition) is 5. The Morgan fingerprint density at radius 3 is 1.27 bits per heavy atom. The van der Waals surface area contributed by atoms with Crippen molar-refractivity contribution in [3.05, 3.63) is 85.1 Å². The quantitative estimate of drug-likeness (QED) is 0.0347. The highest BCUT2D eigenvalue weighted by atomic mass is 16.6. The van der Waals surface area contributed by atoms with Crippen molar-refractivity contribution < 1.29 is 23.8 Å². The number of unbranched alkanes of at least 4 members (excludes halogenated alkanes) is 20. The molecule has 344 valence electrons. The largest absolute Gasteiger partial charge is 0.462 e. The Morgan fingerprint density at radius 1 is 0.383 bits per heavy atom. The highest BCUT2D eigenvalue weighted by molar-refractivity contribution is 5.70. The van der Waals surface area contributed by atoms with Gasteiger partial charge in [-0.1, -0.05) is 189 Å². The number of carbonyl (C=O) groups excluding carboxylic acids is 2. The molecule has 1 unspecified atom stereocenters. The number of ether oxygens (including phenoxy) is 3. The molecule has 0 aromatic heterocycles. The molecule has 1 atom stereocenters. The van der Waals surface area contributed by atoms with Crippen molar-refractivity contribution in [2.75, 3.05) is 19.8 Å². The minimum atomic E-state index is -0.569. The van der Waals surface area contributed by atoms with Gasteiger partial charge in [0.1, 0.15) is 6.61 Å². The molecule has 0 aromatic carbocycles. The van der Waals surface area contributed by atoms with Crippen LogP contribution in [0.1, 0.15) is 226 Å². The van der Waals surface area contributed by atoms with Crippen LogP contribution < -0.4 is 0 Å². The number of esters is 2. The summed E-state index contributed by atoms with van der Waals surface area (Å²) >= 11 is 0. The van der Waals surface area contributed by atoms with Crippen LogP contribution in [0.15, 0.2) is 85.1 Å². The molecule has 0 spiro atoms. The summed E-state index contributed by atoms with van der Waals surface area (Å²) in [6, 6.07) is 0. The summed E-state index contributed by atoms with van der Waals surface area (Å²) in [5.74, 6) is -0.479. The van der Waals surface area contributed by atoms with Crippen LogP contribution in [0.3, 0.4) is 0 Å². The second kappa shape index (κ2) is 50.4. The van der Waals surface area contributed by atoms with Gasteiger partial charge in [-0.05, 0) is 109 Å². The van der Waals surface area contributed by atoms with Gasteiger partial charge in [0.2, 0.25) is 0 Å². The van der Waals surface area contributed by atoms with Crippen molar-refractivity contribution in [1.82, 2.24) is 0 Å². The van der Waals surface area contributed by atoms with Gasteiger partial charge in [-0.3, -0.25) is 9.59 Å². The minimum absolute atomic E-state index is 0.0472. The summed E-state index contributed by atoms with van der Waals surface area (Å²) in [6.07, 6.45) is 65.9. The molecule has 0 rings (SSSR count). The number of allylic oxidation sites excluding steroid dienone is 14. The van der Waals surface area contributed by atoms with Crippen LogP contribution >= 0.6 is 0 Å². The van der Waals surface area contributed by atoms with Crippen LogP contribution in [0.4, 0.5) is 0 Å². The van der Waals surface area contributed by atoms with E-state index in [9.17, 15) is 9.59 Å². The molecule has 0 N–H and O–H groups in total. The van der Waals surface area contributed by atoms with Crippen LogP contribution in [-0.4, -0.2) is 37.9 Å². The summed E-state index contributed by atoms with van der Waals surface area (Å²) < 4.78 is 17.3. The van der Waals surface area contributed by atoms with E-state index in [2.05, 4.69) is 106 Å². The van der Waals surface area contributed by atoms with E-state index in [0.717, 1.165) is 83.5 Å². The second-order valence-electron chi connectivity index (χ2n) is 16.3. The minimum Gasteiger partial charge on any atom is -0.462 e. The lowest BCUT2D eigenvalue weighted by molar-refractivity contribution is -0.163. The van der Waals surface area contributed by atoms with Gasteiger partial charge in [0.25, 0.3) is 0 Å². The van der Waals surface area contributed by atoms with Gasteiger partial charge in [-0.2, -0.15) is 0 Å². The molecule has 0 aromatic rings. The Hall–Kier alpha value is -2.92. The van der Waals surface area contributed by atoms with Gasteiger partial charge in [0, 0.05) is 19.4 Å². The SMILES string of the molecule is CC/C=C\C/C=C\C/C=C\C/C=C\C/C=C\CCCC(=O)OCC(COCCCCCCCC/C=C\CCCCCC)OC(=O)CCCCCCC/C=C\CCCCCC. The molecule has 5 nitrogen and oxygen atoms in total. The van der Waals surface area contributed by atoms with E-state index in [-0.39, 0.29) is 25.2 Å². The maximum atomic E-state index is 12.8. The van der Waals surface area contributed by atoms with Gasteiger partial charge in [0.05, 0.1) is 6.61 Å². The summed E-state index contributed by atoms with van der Waals surface area (Å²) in [6.45, 7) is 7.60. The van der Waals surface area contributed by atoms with Gasteiger partial charge >= 0.3 is 11.9 Å². The number of carbonyl (C=O) groups is 2. The van der Waals surface area contributed by atoms with Crippen LogP contribution in [0.2, 0.25) is 0 Å². The maximum Gasteiger partial charge on any atom is 0.306 e. The smallest absolute Gasteiger partial charge is 0.306 e. The summed E-state index contributed by atoms with van der Waals surface area (Å²) in [4.78, 5) is 25.3. The predicted octanol–water partition coefficient (Wildman–Crippen LogP) is 16.9. The van der Waals surface area contributed by atoms with Gasteiger partial charge in [0.15, 0.2) is 6.10 Å². The molecule has 0 heterocycles. The predicted molar refractivity (Wildman–Crippen MR) is 260 cm³/mol. The van der Waals surface area contributed by atoms with Crippen molar-refractivity contribution >= 4 is 11.9 Å². The number of hydrogen-bond donors (Lipinski definition) is 0. The van der Waals surface area contributed by atoms with Crippen molar-refractivity contribution in [1.29, 1.82) is 0 Å². The fraction of sp³-hybridized carbons (Fsp3) is 0.709. The van der Waals surface area contributed by atoms with E-state index in [1.165, 1.54) is 109 Å². The molecule has 0 aliphatic heterocycles. The molecule has 0 saturated carbocycles. The second-order valence-corrected chi connectivity index (χ2v) is 16.3. The van der Waals surface area contributed by atoms with Crippen LogP contribution in [0, 0.1) is 0 Å². The lowest BCUT2D eigenvalue weighted by atomic mass is 10.1. The van der Waals surface area contributed by atoms with E-state index < -0.39 is 6.10 Å². The zero-order valence-corrected chi connectivity index (χ0v) is 39.5. The molecule has 0 fully saturated rings. The fourth-order valence-corrected chi connectivity index (χ4v) is 6.65. The Kier molecular flexibility index (Phi) is 48.0. The molecule has 5 heteroatoms. The first-order valence-corrected chi connectivity index (χ1v) is 25.1. The van der Waals surface area contributed by atoms with E-state index in [0.29, 0.717) is 19.4 Å². The molecule has 0 amide bonds. The van der Waals surface area contributed by atoms with Crippen molar-refractivity contribution in [3.63, 3.8) is 0 Å². The summed E-state index contributed by atoms with van der Waals surface area (Å²) in [5, 5.41) is 0. The zero-order chi connectivity index (χ0) is 43.5.